The van der Waals surface area contributed by atoms with Crippen LogP contribution in [-0.2, 0) is 23.9 Å². The largest absolute Gasteiger partial charge is 0.461 e. The molecule has 0 radical (unpaired) electrons. The first kappa shape index (κ1) is 28.0. The molecule has 2 bridgehead atoms. The van der Waals surface area contributed by atoms with E-state index >= 15 is 0 Å². The summed E-state index contributed by atoms with van der Waals surface area (Å²) < 4.78 is 12.1. The molecule has 3 saturated heterocycles. The van der Waals surface area contributed by atoms with Gasteiger partial charge in [0.25, 0.3) is 5.91 Å². The van der Waals surface area contributed by atoms with Crippen LogP contribution >= 0.6 is 0 Å². The van der Waals surface area contributed by atoms with Crippen molar-refractivity contribution in [2.45, 2.75) is 70.7 Å². The topological polar surface area (TPSA) is 96.4 Å². The van der Waals surface area contributed by atoms with Gasteiger partial charge in [-0.2, -0.15) is 0 Å². The minimum atomic E-state index is -1.21. The molecular formula is C30H40N2O6. The van der Waals surface area contributed by atoms with Crippen LogP contribution in [0.3, 0.4) is 0 Å². The molecule has 2 unspecified atom stereocenters. The normalized spacial score (nSPS) is 30.3. The summed E-state index contributed by atoms with van der Waals surface area (Å²) in [7, 11) is 0. The van der Waals surface area contributed by atoms with Crippen LogP contribution in [0.15, 0.2) is 43.5 Å². The molecule has 6 atom stereocenters. The van der Waals surface area contributed by atoms with E-state index in [1.807, 2.05) is 52.8 Å². The van der Waals surface area contributed by atoms with Crippen LogP contribution < -0.4 is 4.90 Å². The fourth-order valence-corrected chi connectivity index (χ4v) is 6.80. The van der Waals surface area contributed by atoms with Crippen LogP contribution in [0.1, 0.15) is 44.7 Å². The number of aliphatic hydroxyl groups excluding tert-OH is 1. The number of amides is 2. The third-order valence-electron chi connectivity index (χ3n) is 8.59. The zero-order valence-electron chi connectivity index (χ0n) is 23.1. The Labute approximate surface area is 225 Å². The molecule has 3 aliphatic rings. The standard InChI is InChI=1S/C30H40N2O6/c1-8-14-31(21-16-19(5)10-11-20(21)6)27(35)25-30-13-12-29(7,38-30)24(28(36)37-15-9-2)23(30)26(34)32(25)22(17-33)18(3)4/h8-11,16,18,22-25,33H,1-2,12-15,17H2,3-7H3/t22-,23-,24+,25?,29-,30?/m0/s1. The quantitative estimate of drug-likeness (QED) is 0.373. The second-order valence-corrected chi connectivity index (χ2v) is 11.4. The maximum absolute atomic E-state index is 14.7. The Hall–Kier alpha value is -2.97. The number of carbonyl (C=O) groups excluding carboxylic acids is 3. The molecule has 8 heteroatoms. The number of hydrogen-bond donors (Lipinski definition) is 1. The number of esters is 1. The van der Waals surface area contributed by atoms with E-state index in [1.165, 1.54) is 11.0 Å². The van der Waals surface area contributed by atoms with E-state index in [-0.39, 0.29) is 37.5 Å². The molecule has 206 valence electrons. The highest BCUT2D eigenvalue weighted by Gasteiger charge is 2.79. The van der Waals surface area contributed by atoms with E-state index < -0.39 is 41.1 Å². The van der Waals surface area contributed by atoms with Crippen molar-refractivity contribution >= 4 is 23.5 Å². The zero-order valence-corrected chi connectivity index (χ0v) is 23.1. The smallest absolute Gasteiger partial charge is 0.313 e. The second kappa shape index (κ2) is 10.3. The lowest BCUT2D eigenvalue weighted by Crippen LogP contribution is -2.60. The fraction of sp³-hybridized carbons (Fsp3) is 0.567. The first-order valence-electron chi connectivity index (χ1n) is 13.4. The Kier molecular flexibility index (Phi) is 7.60. The third-order valence-corrected chi connectivity index (χ3v) is 8.59. The maximum Gasteiger partial charge on any atom is 0.313 e. The van der Waals surface area contributed by atoms with Crippen molar-refractivity contribution in [1.29, 1.82) is 0 Å². The van der Waals surface area contributed by atoms with E-state index in [0.717, 1.165) is 16.8 Å². The molecule has 1 aromatic carbocycles. The first-order chi connectivity index (χ1) is 18.0. The minimum Gasteiger partial charge on any atom is -0.461 e. The van der Waals surface area contributed by atoms with Gasteiger partial charge in [0.1, 0.15) is 24.2 Å². The van der Waals surface area contributed by atoms with Crippen molar-refractivity contribution in [1.82, 2.24) is 4.90 Å². The van der Waals surface area contributed by atoms with E-state index in [0.29, 0.717) is 12.8 Å². The molecule has 3 heterocycles. The van der Waals surface area contributed by atoms with Crippen molar-refractivity contribution in [2.75, 3.05) is 24.7 Å². The fourth-order valence-electron chi connectivity index (χ4n) is 6.80. The Morgan fingerprint density at radius 2 is 1.97 bits per heavy atom. The van der Waals surface area contributed by atoms with Gasteiger partial charge < -0.3 is 24.4 Å². The summed E-state index contributed by atoms with van der Waals surface area (Å²) in [5.41, 5.74) is 0.493. The van der Waals surface area contributed by atoms with Crippen LogP contribution in [0.5, 0.6) is 0 Å². The highest BCUT2D eigenvalue weighted by Crippen LogP contribution is 2.64. The molecule has 3 aliphatic heterocycles. The summed E-state index contributed by atoms with van der Waals surface area (Å²) in [6.45, 7) is 17.0. The average molecular weight is 525 g/mol. The van der Waals surface area contributed by atoms with Crippen molar-refractivity contribution in [3.63, 3.8) is 0 Å². The van der Waals surface area contributed by atoms with Gasteiger partial charge in [0, 0.05) is 12.2 Å². The monoisotopic (exact) mass is 524 g/mol. The lowest BCUT2D eigenvalue weighted by atomic mass is 9.66. The van der Waals surface area contributed by atoms with Crippen LogP contribution in [0.2, 0.25) is 0 Å². The molecule has 3 fully saturated rings. The van der Waals surface area contributed by atoms with Gasteiger partial charge in [-0.15, -0.1) is 6.58 Å². The highest BCUT2D eigenvalue weighted by atomic mass is 16.6. The first-order valence-corrected chi connectivity index (χ1v) is 13.4. The number of ether oxygens (including phenoxy) is 2. The Morgan fingerprint density at radius 3 is 2.58 bits per heavy atom. The van der Waals surface area contributed by atoms with Crippen LogP contribution in [0.4, 0.5) is 5.69 Å². The summed E-state index contributed by atoms with van der Waals surface area (Å²) in [6.07, 6.45) is 4.10. The number of carbonyl (C=O) groups is 3. The van der Waals surface area contributed by atoms with Gasteiger partial charge in [0.05, 0.1) is 24.2 Å². The van der Waals surface area contributed by atoms with Gasteiger partial charge >= 0.3 is 5.97 Å². The van der Waals surface area contributed by atoms with Crippen molar-refractivity contribution < 1.29 is 29.0 Å². The van der Waals surface area contributed by atoms with Crippen molar-refractivity contribution in [3.05, 3.63) is 54.6 Å². The molecule has 38 heavy (non-hydrogen) atoms. The minimum absolute atomic E-state index is 0.0242. The maximum atomic E-state index is 14.7. The van der Waals surface area contributed by atoms with Crippen LogP contribution in [0.25, 0.3) is 0 Å². The van der Waals surface area contributed by atoms with Gasteiger partial charge in [-0.3, -0.25) is 14.4 Å². The van der Waals surface area contributed by atoms with Gasteiger partial charge in [-0.05, 0) is 56.7 Å². The van der Waals surface area contributed by atoms with Gasteiger partial charge in [0.2, 0.25) is 5.91 Å². The predicted molar refractivity (Wildman–Crippen MR) is 144 cm³/mol. The average Bonchev–Trinajstić information content (AvgIpc) is 3.43. The Balaban J connectivity index is 1.87. The highest BCUT2D eigenvalue weighted by molar-refractivity contribution is 6.05. The van der Waals surface area contributed by atoms with Crippen molar-refractivity contribution in [2.24, 2.45) is 17.8 Å². The van der Waals surface area contributed by atoms with Crippen molar-refractivity contribution in [3.8, 4) is 0 Å². The number of likely N-dealkylation sites (tertiary alicyclic amines) is 1. The number of aryl methyl sites for hydroxylation is 2. The molecule has 0 aromatic heterocycles. The number of anilines is 1. The summed E-state index contributed by atoms with van der Waals surface area (Å²) in [5, 5.41) is 10.4. The lowest BCUT2D eigenvalue weighted by molar-refractivity contribution is -0.160. The molecule has 4 rings (SSSR count). The molecule has 8 nitrogen and oxygen atoms in total. The number of aliphatic hydroxyl groups is 1. The molecule has 1 aromatic rings. The van der Waals surface area contributed by atoms with Crippen LogP contribution in [-0.4, -0.2) is 70.8 Å². The van der Waals surface area contributed by atoms with E-state index in [1.54, 1.807) is 11.0 Å². The van der Waals surface area contributed by atoms with Gasteiger partial charge in [-0.1, -0.05) is 44.7 Å². The van der Waals surface area contributed by atoms with E-state index in [9.17, 15) is 19.5 Å². The molecule has 0 saturated carbocycles. The van der Waals surface area contributed by atoms with Crippen LogP contribution in [0, 0.1) is 31.6 Å². The molecule has 1 spiro atoms. The Bertz CT molecular complexity index is 1150. The number of benzene rings is 1. The van der Waals surface area contributed by atoms with Gasteiger partial charge in [0.15, 0.2) is 0 Å². The zero-order chi connectivity index (χ0) is 28.0. The lowest BCUT2D eigenvalue weighted by Gasteiger charge is -2.40. The Morgan fingerprint density at radius 1 is 1.26 bits per heavy atom. The second-order valence-electron chi connectivity index (χ2n) is 11.4. The number of fused-ring (bicyclic) bond motifs is 1. The van der Waals surface area contributed by atoms with E-state index in [4.69, 9.17) is 9.47 Å². The van der Waals surface area contributed by atoms with Gasteiger partial charge in [-0.25, -0.2) is 0 Å². The molecular weight excluding hydrogens is 484 g/mol. The summed E-state index contributed by atoms with van der Waals surface area (Å²) in [5.74, 6) is -3.06. The third kappa shape index (κ3) is 4.18. The summed E-state index contributed by atoms with van der Waals surface area (Å²) >= 11 is 0. The number of hydrogen-bond acceptors (Lipinski definition) is 6. The number of rotatable bonds is 10. The van der Waals surface area contributed by atoms with E-state index in [2.05, 4.69) is 13.2 Å². The number of nitrogens with zero attached hydrogens (tertiary/aromatic N) is 2. The molecule has 0 aliphatic carbocycles. The molecule has 2 amide bonds. The molecule has 1 N–H and O–H groups in total. The summed E-state index contributed by atoms with van der Waals surface area (Å²) in [6, 6.07) is 4.25. The predicted octanol–water partition coefficient (Wildman–Crippen LogP) is 3.33. The SMILES string of the molecule is C=CCOC(=O)[C@H]1[C@H]2C(=O)N([C@@H](CO)C(C)C)C(C(=O)N(CC=C)c3cc(C)ccc3C)C23CC[C@]1(C)O3. The summed E-state index contributed by atoms with van der Waals surface area (Å²) in [4.78, 5) is 45.4.